The number of nitrogens with zero attached hydrogens (tertiary/aromatic N) is 2. The van der Waals surface area contributed by atoms with E-state index < -0.39 is 24.3 Å². The first-order valence-corrected chi connectivity index (χ1v) is 5.23. The zero-order valence-corrected chi connectivity index (χ0v) is 9.60. The van der Waals surface area contributed by atoms with Gasteiger partial charge in [-0.1, -0.05) is 11.3 Å². The zero-order valence-electron chi connectivity index (χ0n) is 8.78. The van der Waals surface area contributed by atoms with E-state index in [1.54, 1.807) is 0 Å². The number of ketones is 1. The molecule has 1 rings (SSSR count). The Hall–Kier alpha value is -2.09. The SMILES string of the molecule is COC(=O)/C=C/C(=O)OCC(=O)c1nncs1. The summed E-state index contributed by atoms with van der Waals surface area (Å²) in [7, 11) is 1.18. The molecule has 1 heterocycles. The predicted molar refractivity (Wildman–Crippen MR) is 56.4 cm³/mol. The van der Waals surface area contributed by atoms with Gasteiger partial charge in [-0.05, 0) is 0 Å². The van der Waals surface area contributed by atoms with E-state index in [9.17, 15) is 14.4 Å². The van der Waals surface area contributed by atoms with E-state index in [4.69, 9.17) is 0 Å². The van der Waals surface area contributed by atoms with Crippen LogP contribution in [0.25, 0.3) is 0 Å². The smallest absolute Gasteiger partial charge is 0.331 e. The summed E-state index contributed by atoms with van der Waals surface area (Å²) in [4.78, 5) is 33.0. The maximum atomic E-state index is 11.3. The van der Waals surface area contributed by atoms with Gasteiger partial charge < -0.3 is 9.47 Å². The molecule has 0 bridgehead atoms. The number of Topliss-reactive ketones (excluding diaryl/α,β-unsaturated/α-hetero) is 1. The number of aromatic nitrogens is 2. The van der Waals surface area contributed by atoms with Crippen LogP contribution in [0, 0.1) is 0 Å². The molecule has 7 nitrogen and oxygen atoms in total. The number of carbonyl (C=O) groups is 3. The Morgan fingerprint density at radius 2 is 2.06 bits per heavy atom. The van der Waals surface area contributed by atoms with Crippen molar-refractivity contribution in [3.63, 3.8) is 0 Å². The Labute approximate surface area is 100 Å². The van der Waals surface area contributed by atoms with Gasteiger partial charge in [-0.3, -0.25) is 4.79 Å². The maximum Gasteiger partial charge on any atom is 0.331 e. The van der Waals surface area contributed by atoms with Crippen LogP contribution in [0.1, 0.15) is 9.80 Å². The van der Waals surface area contributed by atoms with E-state index in [-0.39, 0.29) is 5.01 Å². The molecule has 0 aliphatic rings. The van der Waals surface area contributed by atoms with Crippen LogP contribution in [-0.2, 0) is 19.1 Å². The monoisotopic (exact) mass is 256 g/mol. The Morgan fingerprint density at radius 1 is 1.35 bits per heavy atom. The molecule has 0 amide bonds. The highest BCUT2D eigenvalue weighted by Crippen LogP contribution is 2.02. The lowest BCUT2D eigenvalue weighted by molar-refractivity contribution is -0.138. The van der Waals surface area contributed by atoms with Crippen molar-refractivity contribution in [2.45, 2.75) is 0 Å². The van der Waals surface area contributed by atoms with Crippen LogP contribution in [0.15, 0.2) is 17.7 Å². The molecule has 0 fully saturated rings. The van der Waals surface area contributed by atoms with Crippen LogP contribution < -0.4 is 0 Å². The van der Waals surface area contributed by atoms with E-state index in [0.29, 0.717) is 0 Å². The van der Waals surface area contributed by atoms with Crippen LogP contribution in [0.3, 0.4) is 0 Å². The van der Waals surface area contributed by atoms with Gasteiger partial charge in [0.15, 0.2) is 11.6 Å². The molecule has 0 atom stereocenters. The second kappa shape index (κ2) is 6.48. The normalized spacial score (nSPS) is 10.2. The van der Waals surface area contributed by atoms with Crippen LogP contribution in [0.5, 0.6) is 0 Å². The van der Waals surface area contributed by atoms with Crippen LogP contribution in [-0.4, -0.2) is 41.6 Å². The number of ether oxygens (including phenoxy) is 2. The average Bonchev–Trinajstić information content (AvgIpc) is 2.86. The maximum absolute atomic E-state index is 11.3. The van der Waals surface area contributed by atoms with Gasteiger partial charge in [-0.2, -0.15) is 0 Å². The molecule has 0 N–H and O–H groups in total. The van der Waals surface area contributed by atoms with Crippen LogP contribution in [0.4, 0.5) is 0 Å². The van der Waals surface area contributed by atoms with Gasteiger partial charge in [0.25, 0.3) is 0 Å². The third-order valence-electron chi connectivity index (χ3n) is 1.50. The summed E-state index contributed by atoms with van der Waals surface area (Å²) in [6, 6.07) is 0. The summed E-state index contributed by atoms with van der Waals surface area (Å²) >= 11 is 1.05. The zero-order chi connectivity index (χ0) is 12.7. The number of esters is 2. The van der Waals surface area contributed by atoms with Crippen molar-refractivity contribution in [3.8, 4) is 0 Å². The Bertz CT molecular complexity index is 440. The van der Waals surface area contributed by atoms with E-state index >= 15 is 0 Å². The summed E-state index contributed by atoms with van der Waals surface area (Å²) in [5.74, 6) is -1.95. The van der Waals surface area contributed by atoms with E-state index in [1.165, 1.54) is 12.6 Å². The predicted octanol–water partition coefficient (Wildman–Crippen LogP) is -0.00680. The van der Waals surface area contributed by atoms with Crippen molar-refractivity contribution in [1.29, 1.82) is 0 Å². The quantitative estimate of drug-likeness (QED) is 0.415. The van der Waals surface area contributed by atoms with Gasteiger partial charge >= 0.3 is 11.9 Å². The highest BCUT2D eigenvalue weighted by molar-refractivity contribution is 7.11. The van der Waals surface area contributed by atoms with Gasteiger partial charge in [-0.15, -0.1) is 10.2 Å². The van der Waals surface area contributed by atoms with E-state index in [2.05, 4.69) is 19.7 Å². The first kappa shape index (κ1) is 13.0. The fourth-order valence-electron chi connectivity index (χ4n) is 0.745. The third kappa shape index (κ3) is 4.51. The minimum Gasteiger partial charge on any atom is -0.466 e. The third-order valence-corrected chi connectivity index (χ3v) is 2.23. The molecular weight excluding hydrogens is 248 g/mol. The molecule has 0 saturated heterocycles. The van der Waals surface area contributed by atoms with E-state index in [1.807, 2.05) is 0 Å². The van der Waals surface area contributed by atoms with Crippen molar-refractivity contribution < 1.29 is 23.9 Å². The summed E-state index contributed by atoms with van der Waals surface area (Å²) < 4.78 is 8.85. The topological polar surface area (TPSA) is 95.5 Å². The molecule has 17 heavy (non-hydrogen) atoms. The summed E-state index contributed by atoms with van der Waals surface area (Å²) in [6.07, 6.45) is 1.77. The number of hydrogen-bond acceptors (Lipinski definition) is 8. The minimum absolute atomic E-state index is 0.162. The summed E-state index contributed by atoms with van der Waals surface area (Å²) in [5.41, 5.74) is 1.40. The fourth-order valence-corrected chi connectivity index (χ4v) is 1.22. The highest BCUT2D eigenvalue weighted by Gasteiger charge is 2.11. The van der Waals surface area contributed by atoms with Crippen molar-refractivity contribution in [2.24, 2.45) is 0 Å². The number of carbonyl (C=O) groups excluding carboxylic acids is 3. The molecule has 0 unspecified atom stereocenters. The largest absolute Gasteiger partial charge is 0.466 e. The molecule has 1 aromatic heterocycles. The van der Waals surface area contributed by atoms with Gasteiger partial charge in [0, 0.05) is 12.2 Å². The lowest BCUT2D eigenvalue weighted by Gasteiger charge is -1.97. The lowest BCUT2D eigenvalue weighted by Crippen LogP contribution is -2.12. The fraction of sp³-hybridized carbons (Fsp3) is 0.222. The van der Waals surface area contributed by atoms with Gasteiger partial charge in [-0.25, -0.2) is 9.59 Å². The standard InChI is InChI=1S/C9H8N2O5S/c1-15-7(13)2-3-8(14)16-4-6(12)9-11-10-5-17-9/h2-3,5H,4H2,1H3/b3-2+. The first-order chi connectivity index (χ1) is 8.13. The van der Waals surface area contributed by atoms with Gasteiger partial charge in [0.05, 0.1) is 7.11 Å². The Kier molecular flexibility index (Phi) is 4.95. The second-order valence-corrected chi connectivity index (χ2v) is 3.46. The highest BCUT2D eigenvalue weighted by atomic mass is 32.1. The lowest BCUT2D eigenvalue weighted by atomic mass is 10.4. The molecule has 0 aliphatic heterocycles. The van der Waals surface area contributed by atoms with Crippen molar-refractivity contribution >= 4 is 29.1 Å². The van der Waals surface area contributed by atoms with Crippen molar-refractivity contribution in [1.82, 2.24) is 10.2 Å². The molecule has 90 valence electrons. The molecule has 0 saturated carbocycles. The summed E-state index contributed by atoms with van der Waals surface area (Å²) in [5, 5.41) is 7.15. The van der Waals surface area contributed by atoms with Gasteiger partial charge in [0.1, 0.15) is 5.51 Å². The first-order valence-electron chi connectivity index (χ1n) is 4.35. The Balaban J connectivity index is 2.36. The molecule has 0 radical (unpaired) electrons. The molecular formula is C9H8N2O5S. The van der Waals surface area contributed by atoms with Crippen molar-refractivity contribution in [3.05, 3.63) is 22.7 Å². The average molecular weight is 256 g/mol. The molecule has 8 heteroatoms. The van der Waals surface area contributed by atoms with Crippen molar-refractivity contribution in [2.75, 3.05) is 13.7 Å². The molecule has 0 spiro atoms. The number of rotatable bonds is 5. The number of methoxy groups -OCH3 is 1. The molecule has 0 aromatic carbocycles. The van der Waals surface area contributed by atoms with Crippen LogP contribution >= 0.6 is 11.3 Å². The minimum atomic E-state index is -0.812. The molecule has 0 aliphatic carbocycles. The van der Waals surface area contributed by atoms with Crippen LogP contribution in [0.2, 0.25) is 0 Å². The second-order valence-electron chi connectivity index (χ2n) is 2.63. The molecule has 1 aromatic rings. The Morgan fingerprint density at radius 3 is 2.65 bits per heavy atom. The van der Waals surface area contributed by atoms with E-state index in [0.717, 1.165) is 23.5 Å². The van der Waals surface area contributed by atoms with Gasteiger partial charge in [0.2, 0.25) is 5.78 Å². The summed E-state index contributed by atoms with van der Waals surface area (Å²) in [6.45, 7) is -0.445. The number of hydrogen-bond donors (Lipinski definition) is 0.